The fourth-order valence-electron chi connectivity index (χ4n) is 0.640. The van der Waals surface area contributed by atoms with E-state index >= 15 is 0 Å². The van der Waals surface area contributed by atoms with Gasteiger partial charge in [-0.3, -0.25) is 19.8 Å². The Hall–Kier alpha value is -1.28. The van der Waals surface area contributed by atoms with E-state index in [2.05, 4.69) is 38.0 Å². The highest BCUT2D eigenvalue weighted by molar-refractivity contribution is 9.09. The van der Waals surface area contributed by atoms with Gasteiger partial charge in [0.15, 0.2) is 0 Å². The van der Waals surface area contributed by atoms with Crippen LogP contribution in [0.3, 0.4) is 0 Å². The molecule has 0 amide bonds. The molecule has 0 aliphatic heterocycles. The molecule has 0 atom stereocenters. The third-order valence-electron chi connectivity index (χ3n) is 1.11. The van der Waals surface area contributed by atoms with Crippen molar-refractivity contribution < 1.29 is 0 Å². The Labute approximate surface area is 76.1 Å². The molecule has 0 unspecified atom stereocenters. The van der Waals surface area contributed by atoms with Gasteiger partial charge >= 0.3 is 0 Å². The van der Waals surface area contributed by atoms with Crippen LogP contribution >= 0.6 is 15.9 Å². The molecule has 0 aliphatic rings. The first-order chi connectivity index (χ1) is 5.74. The molecule has 4 nitrogen and oxygen atoms in total. The normalized spacial score (nSPS) is 8.75. The standard InChI is InChI=1S/C7H5BrN2O2/c8-3-1-2-5-4-6(11)9-10-7(5)12/h4H,3H2,(H,9,11)(H,10,12). The third-order valence-corrected chi connectivity index (χ3v) is 1.39. The maximum atomic E-state index is 10.9. The molecule has 1 aromatic heterocycles. The first kappa shape index (κ1) is 8.81. The number of nitrogens with one attached hydrogen (secondary N) is 2. The summed E-state index contributed by atoms with van der Waals surface area (Å²) in [5.41, 5.74) is -0.574. The monoisotopic (exact) mass is 228 g/mol. The van der Waals surface area contributed by atoms with E-state index in [4.69, 9.17) is 0 Å². The molecule has 1 heterocycles. The third kappa shape index (κ3) is 2.10. The minimum Gasteiger partial charge on any atom is -0.268 e. The van der Waals surface area contributed by atoms with Crippen molar-refractivity contribution in [3.05, 3.63) is 32.3 Å². The number of aromatic amines is 2. The van der Waals surface area contributed by atoms with Crippen LogP contribution in [0.5, 0.6) is 0 Å². The summed E-state index contributed by atoms with van der Waals surface area (Å²) in [6.45, 7) is 0. The molecule has 0 saturated carbocycles. The molecule has 2 N–H and O–H groups in total. The van der Waals surface area contributed by atoms with Crippen LogP contribution in [0, 0.1) is 11.8 Å². The maximum Gasteiger partial charge on any atom is 0.278 e. The molecule has 62 valence electrons. The van der Waals surface area contributed by atoms with Crippen molar-refractivity contribution in [2.45, 2.75) is 0 Å². The number of H-pyrrole nitrogens is 2. The molecule has 12 heavy (non-hydrogen) atoms. The average Bonchev–Trinajstić information content (AvgIpc) is 2.07. The van der Waals surface area contributed by atoms with Gasteiger partial charge in [0.05, 0.1) is 10.9 Å². The highest BCUT2D eigenvalue weighted by atomic mass is 79.9. The summed E-state index contributed by atoms with van der Waals surface area (Å²) in [6, 6.07) is 1.16. The number of alkyl halides is 1. The van der Waals surface area contributed by atoms with Gasteiger partial charge in [-0.1, -0.05) is 27.8 Å². The molecule has 1 rings (SSSR count). The van der Waals surface area contributed by atoms with Gasteiger partial charge in [-0.05, 0) is 0 Å². The second-order valence-corrected chi connectivity index (χ2v) is 2.50. The fraction of sp³-hybridized carbons (Fsp3) is 0.143. The maximum absolute atomic E-state index is 10.9. The van der Waals surface area contributed by atoms with Crippen molar-refractivity contribution in [3.8, 4) is 11.8 Å². The molecule has 5 heteroatoms. The quantitative estimate of drug-likeness (QED) is 0.478. The zero-order valence-electron chi connectivity index (χ0n) is 5.98. The highest BCUT2D eigenvalue weighted by Gasteiger charge is 1.94. The Morgan fingerprint density at radius 2 is 2.17 bits per heavy atom. The number of halogens is 1. The first-order valence-electron chi connectivity index (χ1n) is 3.11. The lowest BCUT2D eigenvalue weighted by atomic mass is 10.3. The molecule has 1 aromatic rings. The highest BCUT2D eigenvalue weighted by Crippen LogP contribution is 1.80. The second-order valence-electron chi connectivity index (χ2n) is 1.94. The minimum atomic E-state index is -0.386. The number of aromatic nitrogens is 2. The van der Waals surface area contributed by atoms with Crippen LogP contribution in [0.2, 0.25) is 0 Å². The molecule has 0 saturated heterocycles. The first-order valence-corrected chi connectivity index (χ1v) is 4.23. The van der Waals surface area contributed by atoms with E-state index in [0.717, 1.165) is 6.07 Å². The predicted octanol–water partition coefficient (Wildman–Crippen LogP) is -0.190. The largest absolute Gasteiger partial charge is 0.278 e. The van der Waals surface area contributed by atoms with Crippen LogP contribution in [0.1, 0.15) is 5.56 Å². The van der Waals surface area contributed by atoms with E-state index in [0.29, 0.717) is 5.33 Å². The molecule has 0 aliphatic carbocycles. The van der Waals surface area contributed by atoms with Crippen molar-refractivity contribution in [2.24, 2.45) is 0 Å². The van der Waals surface area contributed by atoms with E-state index in [1.54, 1.807) is 0 Å². The summed E-state index contributed by atoms with van der Waals surface area (Å²) in [6.07, 6.45) is 0. The fourth-order valence-corrected chi connectivity index (χ4v) is 0.780. The van der Waals surface area contributed by atoms with Gasteiger partial charge in [-0.25, -0.2) is 0 Å². The number of rotatable bonds is 0. The van der Waals surface area contributed by atoms with Crippen LogP contribution in [0.25, 0.3) is 0 Å². The predicted molar refractivity (Wildman–Crippen MR) is 48.4 cm³/mol. The zero-order valence-corrected chi connectivity index (χ0v) is 7.56. The van der Waals surface area contributed by atoms with Gasteiger partial charge < -0.3 is 0 Å². The van der Waals surface area contributed by atoms with Crippen molar-refractivity contribution in [1.82, 2.24) is 10.2 Å². The van der Waals surface area contributed by atoms with E-state index < -0.39 is 0 Å². The molecular weight excluding hydrogens is 224 g/mol. The van der Waals surface area contributed by atoms with Gasteiger partial charge in [0.25, 0.3) is 11.1 Å². The Morgan fingerprint density at radius 3 is 2.83 bits per heavy atom. The Bertz CT molecular complexity index is 435. The van der Waals surface area contributed by atoms with E-state index in [1.807, 2.05) is 0 Å². The summed E-state index contributed by atoms with van der Waals surface area (Å²) in [5.74, 6) is 5.17. The zero-order chi connectivity index (χ0) is 8.97. The summed E-state index contributed by atoms with van der Waals surface area (Å²) in [7, 11) is 0. The SMILES string of the molecule is O=c1cc(C#CCBr)c(=O)[nH][nH]1. The van der Waals surface area contributed by atoms with Gasteiger partial charge in [-0.2, -0.15) is 0 Å². The minimum absolute atomic E-state index is 0.179. The van der Waals surface area contributed by atoms with Crippen LogP contribution < -0.4 is 11.1 Å². The molecule has 0 aromatic carbocycles. The number of hydrogen-bond acceptors (Lipinski definition) is 2. The van der Waals surface area contributed by atoms with Gasteiger partial charge in [-0.15, -0.1) is 0 Å². The van der Waals surface area contributed by atoms with Gasteiger partial charge in [0.1, 0.15) is 0 Å². The molecule has 0 spiro atoms. The summed E-state index contributed by atoms with van der Waals surface area (Å²) in [5, 5.41) is 4.78. The van der Waals surface area contributed by atoms with E-state index in [9.17, 15) is 9.59 Å². The van der Waals surface area contributed by atoms with Crippen LogP contribution in [-0.4, -0.2) is 15.5 Å². The summed E-state index contributed by atoms with van der Waals surface area (Å²) in [4.78, 5) is 21.6. The second kappa shape index (κ2) is 3.93. The smallest absolute Gasteiger partial charge is 0.268 e. The van der Waals surface area contributed by atoms with Crippen molar-refractivity contribution in [2.75, 3.05) is 5.33 Å². The van der Waals surface area contributed by atoms with Gasteiger partial charge in [0.2, 0.25) is 0 Å². The lowest BCUT2D eigenvalue weighted by Gasteiger charge is -1.85. The average molecular weight is 229 g/mol. The molecule has 0 fully saturated rings. The number of hydrogen-bond donors (Lipinski definition) is 2. The lowest BCUT2D eigenvalue weighted by molar-refractivity contribution is 0.946. The summed E-state index contributed by atoms with van der Waals surface area (Å²) < 4.78 is 0. The van der Waals surface area contributed by atoms with Crippen LogP contribution in [-0.2, 0) is 0 Å². The lowest BCUT2D eigenvalue weighted by Crippen LogP contribution is -2.20. The summed E-state index contributed by atoms with van der Waals surface area (Å²) >= 11 is 3.08. The van der Waals surface area contributed by atoms with Crippen molar-refractivity contribution >= 4 is 15.9 Å². The van der Waals surface area contributed by atoms with E-state index in [-0.39, 0.29) is 16.7 Å². The topological polar surface area (TPSA) is 65.7 Å². The van der Waals surface area contributed by atoms with Crippen LogP contribution in [0.15, 0.2) is 15.7 Å². The molecular formula is C7H5BrN2O2. The Morgan fingerprint density at radius 1 is 1.42 bits per heavy atom. The van der Waals surface area contributed by atoms with Crippen LogP contribution in [0.4, 0.5) is 0 Å². The van der Waals surface area contributed by atoms with E-state index in [1.165, 1.54) is 0 Å². The molecule has 0 bridgehead atoms. The Kier molecular flexibility index (Phi) is 2.88. The Balaban J connectivity index is 3.24. The molecule has 0 radical (unpaired) electrons. The van der Waals surface area contributed by atoms with Crippen molar-refractivity contribution in [1.29, 1.82) is 0 Å². The van der Waals surface area contributed by atoms with Crippen molar-refractivity contribution in [3.63, 3.8) is 0 Å². The van der Waals surface area contributed by atoms with Gasteiger partial charge in [0, 0.05) is 6.07 Å².